The van der Waals surface area contributed by atoms with Crippen molar-refractivity contribution >= 4 is 50.8 Å². The van der Waals surface area contributed by atoms with E-state index in [2.05, 4.69) is 422 Å². The van der Waals surface area contributed by atoms with Gasteiger partial charge in [-0.05, 0) is 240 Å². The summed E-state index contributed by atoms with van der Waals surface area (Å²) >= 11 is 0. The van der Waals surface area contributed by atoms with E-state index in [4.69, 9.17) is 0 Å². The van der Waals surface area contributed by atoms with E-state index in [0.29, 0.717) is 0 Å². The van der Waals surface area contributed by atoms with Crippen LogP contribution in [0.5, 0.6) is 0 Å². The quantitative estimate of drug-likeness (QED) is 0.0952. The first-order valence-corrected chi connectivity index (χ1v) is 40.9. The minimum Gasteiger partial charge on any atom is -0.133 e. The monoisotopic (exact) mass is 1440 g/mol. The summed E-state index contributed by atoms with van der Waals surface area (Å²) in [6.45, 7) is 23.6. The molecule has 0 fully saturated rings. The maximum absolute atomic E-state index is 2.85. The smallest absolute Gasteiger partial charge is 0.0109 e. The lowest BCUT2D eigenvalue weighted by Gasteiger charge is -2.12. The maximum Gasteiger partial charge on any atom is -0.0109 e. The zero-order valence-corrected chi connectivity index (χ0v) is 68.2. The van der Waals surface area contributed by atoms with Crippen molar-refractivity contribution in [3.8, 4) is 100 Å². The van der Waals surface area contributed by atoms with Gasteiger partial charge in [-0.1, -0.05) is 361 Å². The molecule has 0 bridgehead atoms. The van der Waals surface area contributed by atoms with Crippen LogP contribution in [0.25, 0.3) is 100 Å². The van der Waals surface area contributed by atoms with Crippen molar-refractivity contribution in [3.63, 3.8) is 0 Å². The molecule has 522 valence electrons. The predicted molar refractivity (Wildman–Crippen MR) is 476 cm³/mol. The predicted octanol–water partition coefficient (Wildman–Crippen LogP) is 28.0. The average molecular weight is 1450 g/mol. The highest BCUT2D eigenvalue weighted by atomic mass is 31.1. The second-order valence-electron chi connectivity index (χ2n) is 27.4. The third-order valence-electron chi connectivity index (χ3n) is 19.1. The molecule has 0 N–H and O–H groups in total. The van der Waals surface area contributed by atoms with E-state index in [1.165, 1.54) is 183 Å². The van der Waals surface area contributed by atoms with Gasteiger partial charge in [-0.2, -0.15) is 0 Å². The minimum atomic E-state index is 0.812. The largest absolute Gasteiger partial charge is 0.133 e. The lowest BCUT2D eigenvalue weighted by molar-refractivity contribution is 1.35. The van der Waals surface area contributed by atoms with Crippen LogP contribution in [0, 0.1) is 69.2 Å². The van der Waals surface area contributed by atoms with Crippen LogP contribution in [-0.2, 0) is 24.6 Å². The first-order chi connectivity index (χ1) is 50.4. The van der Waals surface area contributed by atoms with Crippen LogP contribution in [-0.4, -0.2) is 6.66 Å². The zero-order chi connectivity index (χ0) is 73.7. The molecule has 0 radical (unpaired) electrons. The van der Waals surface area contributed by atoms with E-state index in [0.717, 1.165) is 33.2 Å². The van der Waals surface area contributed by atoms with Crippen molar-refractivity contribution in [2.24, 2.45) is 0 Å². The van der Waals surface area contributed by atoms with Crippen molar-refractivity contribution < 1.29 is 0 Å². The second-order valence-corrected chi connectivity index (χ2v) is 30.1. The lowest BCUT2D eigenvalue weighted by Crippen LogP contribution is -2.00. The van der Waals surface area contributed by atoms with Gasteiger partial charge in [0.05, 0.1) is 0 Å². The molecular formula is C99H101P5. The summed E-state index contributed by atoms with van der Waals surface area (Å²) in [5.74, 6) is 0. The Balaban J connectivity index is 0.000000140. The van der Waals surface area contributed by atoms with Crippen LogP contribution in [0.4, 0.5) is 0 Å². The van der Waals surface area contributed by atoms with Gasteiger partial charge in [-0.15, -0.1) is 37.0 Å². The Hall–Kier alpha value is -8.77. The van der Waals surface area contributed by atoms with E-state index in [1.807, 2.05) is 0 Å². The SMILES string of the molecule is CPc1cc(C)ccc1-c1cccc(-c2ccc(C)cc2)c1.Cc1ccc(-c2ccc(-c3ccc(C)cc3)c(CP)c2)cc1.Cc1ccc(-c2ccc(-c3ccc(C)cc3CP)cc2)cc1.Cc1ccc(-c2ccc(C)cc2CP)cc1.Cc1ccc(-c2ccc(CP)c(-c3ccc(C)cc3)c2)cc1. The van der Waals surface area contributed by atoms with Gasteiger partial charge in [-0.25, -0.2) is 0 Å². The highest BCUT2D eigenvalue weighted by Crippen LogP contribution is 2.36. The van der Waals surface area contributed by atoms with Gasteiger partial charge < -0.3 is 0 Å². The fourth-order valence-corrected chi connectivity index (χ4v) is 15.0. The van der Waals surface area contributed by atoms with Gasteiger partial charge in [0.25, 0.3) is 0 Å². The number of hydrogen-bond acceptors (Lipinski definition) is 0. The molecule has 14 aromatic carbocycles. The van der Waals surface area contributed by atoms with Crippen molar-refractivity contribution in [1.29, 1.82) is 0 Å². The van der Waals surface area contributed by atoms with E-state index in [9.17, 15) is 0 Å². The zero-order valence-electron chi connectivity index (χ0n) is 62.6. The number of benzene rings is 14. The number of aryl methyl sites for hydroxylation is 10. The normalized spacial score (nSPS) is 10.8. The van der Waals surface area contributed by atoms with E-state index in [-0.39, 0.29) is 0 Å². The second kappa shape index (κ2) is 38.3. The fraction of sp³-hybridized carbons (Fsp3) is 0.152. The number of hydrogen-bond donors (Lipinski definition) is 0. The molecule has 5 unspecified atom stereocenters. The highest BCUT2D eigenvalue weighted by molar-refractivity contribution is 7.46. The molecule has 0 saturated heterocycles. The summed E-state index contributed by atoms with van der Waals surface area (Å²) in [4.78, 5) is 0. The summed E-state index contributed by atoms with van der Waals surface area (Å²) in [6.07, 6.45) is 3.92. The molecule has 0 aliphatic carbocycles. The lowest BCUT2D eigenvalue weighted by atomic mass is 9.94. The van der Waals surface area contributed by atoms with E-state index < -0.39 is 0 Å². The Morgan fingerprint density at radius 1 is 0.183 bits per heavy atom. The summed E-state index contributed by atoms with van der Waals surface area (Å²) in [7, 11) is 12.1. The molecule has 0 aliphatic rings. The molecule has 0 spiro atoms. The van der Waals surface area contributed by atoms with Crippen LogP contribution in [0.15, 0.2) is 309 Å². The van der Waals surface area contributed by atoms with Crippen molar-refractivity contribution in [2.45, 2.75) is 93.9 Å². The van der Waals surface area contributed by atoms with Gasteiger partial charge >= 0.3 is 0 Å². The molecule has 14 rings (SSSR count). The average Bonchev–Trinajstić information content (AvgIpc) is 0.818. The molecule has 0 saturated carbocycles. The molecule has 0 amide bonds. The van der Waals surface area contributed by atoms with Crippen LogP contribution in [0.1, 0.15) is 77.9 Å². The summed E-state index contributed by atoms with van der Waals surface area (Å²) in [5, 5.41) is 1.45. The van der Waals surface area contributed by atoms with Crippen molar-refractivity contribution in [1.82, 2.24) is 0 Å². The van der Waals surface area contributed by atoms with Crippen LogP contribution >= 0.6 is 45.5 Å². The molecule has 0 heterocycles. The maximum atomic E-state index is 2.85. The third-order valence-corrected chi connectivity index (χ3v) is 21.8. The van der Waals surface area contributed by atoms with Crippen LogP contribution < -0.4 is 5.30 Å². The minimum absolute atomic E-state index is 0.812. The van der Waals surface area contributed by atoms with Gasteiger partial charge in [-0.3, -0.25) is 0 Å². The molecule has 0 aromatic heterocycles. The Kier molecular flexibility index (Phi) is 28.7. The first kappa shape index (κ1) is 77.8. The summed E-state index contributed by atoms with van der Waals surface area (Å²) in [5.41, 5.74) is 42.0. The highest BCUT2D eigenvalue weighted by Gasteiger charge is 2.12. The Labute approximate surface area is 634 Å². The van der Waals surface area contributed by atoms with Crippen molar-refractivity contribution in [3.05, 3.63) is 387 Å². The third kappa shape index (κ3) is 21.5. The molecule has 104 heavy (non-hydrogen) atoms. The molecule has 0 nitrogen and oxygen atoms in total. The molecule has 5 heteroatoms. The van der Waals surface area contributed by atoms with Crippen LogP contribution in [0.3, 0.4) is 0 Å². The van der Waals surface area contributed by atoms with Gasteiger partial charge in [0, 0.05) is 0 Å². The van der Waals surface area contributed by atoms with Gasteiger partial charge in [0.2, 0.25) is 0 Å². The van der Waals surface area contributed by atoms with E-state index in [1.54, 1.807) is 0 Å². The molecular weight excluding hydrogens is 1340 g/mol. The molecule has 14 aromatic rings. The molecule has 5 atom stereocenters. The Bertz CT molecular complexity index is 5070. The Morgan fingerprint density at radius 2 is 0.423 bits per heavy atom. The van der Waals surface area contributed by atoms with Gasteiger partial charge in [0.1, 0.15) is 0 Å². The van der Waals surface area contributed by atoms with E-state index >= 15 is 0 Å². The standard InChI is InChI=1S/4C21H21P.C15H17P/c1-15-3-7-17(8-4-15)19-11-12-21(20(13-19)14-22)18-9-5-16(2)6-10-18;1-15-3-7-17(8-4-15)19-11-12-20(14-22)21(13-19)18-9-5-16(2)6-10-18;1-15-3-6-17(7-4-15)18-8-10-19(11-9-18)21-12-5-16(2)13-20(21)14-22;1-15-7-10-17(11-8-15)18-5-4-6-19(14-18)20-12-9-16(2)13-21(20)22-3;1-11-3-6-13(7-4-11)15-8-5-12(2)9-14(15)10-16/h3*3-13H,14,22H2,1-2H3;4-14,22H,1-3H3;3-9H,10,16H2,1-2H3. The molecule has 0 aliphatic heterocycles. The topological polar surface area (TPSA) is 0 Å². The van der Waals surface area contributed by atoms with Gasteiger partial charge in [0.15, 0.2) is 0 Å². The summed E-state index contributed by atoms with van der Waals surface area (Å²) < 4.78 is 0. The van der Waals surface area contributed by atoms with Crippen molar-refractivity contribution in [2.75, 3.05) is 6.66 Å². The first-order valence-electron chi connectivity index (χ1n) is 36.1. The van der Waals surface area contributed by atoms with Crippen LogP contribution in [0.2, 0.25) is 0 Å². The fourth-order valence-electron chi connectivity index (χ4n) is 12.8. The summed E-state index contributed by atoms with van der Waals surface area (Å²) in [6, 6.07) is 113. The Morgan fingerprint density at radius 3 is 0.788 bits per heavy atom. The number of rotatable bonds is 14.